The number of carbonyl (C=O) groups is 1. The zero-order valence-corrected chi connectivity index (χ0v) is 18.8. The van der Waals surface area contributed by atoms with Crippen LogP contribution in [-0.4, -0.2) is 26.0 Å². The highest BCUT2D eigenvalue weighted by molar-refractivity contribution is 7.80. The summed E-state index contributed by atoms with van der Waals surface area (Å²) in [6.07, 6.45) is 0. The maximum Gasteiger partial charge on any atom is 0.257 e. The maximum atomic E-state index is 12.5. The lowest BCUT2D eigenvalue weighted by Crippen LogP contribution is -2.34. The number of halogens is 1. The van der Waals surface area contributed by atoms with E-state index >= 15 is 0 Å². The molecule has 6 nitrogen and oxygen atoms in total. The molecule has 0 atom stereocenters. The lowest BCUT2D eigenvalue weighted by atomic mass is 10.1. The Morgan fingerprint density at radius 2 is 1.71 bits per heavy atom. The molecule has 0 unspecified atom stereocenters. The van der Waals surface area contributed by atoms with E-state index in [4.69, 9.17) is 23.8 Å². The second-order valence-electron chi connectivity index (χ2n) is 7.35. The van der Waals surface area contributed by atoms with Crippen molar-refractivity contribution in [1.29, 1.82) is 0 Å². The van der Waals surface area contributed by atoms with Crippen molar-refractivity contribution in [2.24, 2.45) is 0 Å². The molecule has 3 aromatic carbocycles. The first-order valence-corrected chi connectivity index (χ1v) is 10.4. The van der Waals surface area contributed by atoms with Crippen LogP contribution in [-0.2, 0) is 0 Å². The van der Waals surface area contributed by atoms with Crippen LogP contribution in [0.5, 0.6) is 0 Å². The van der Waals surface area contributed by atoms with Gasteiger partial charge in [-0.05, 0) is 80.5 Å². The Labute approximate surface area is 190 Å². The maximum absolute atomic E-state index is 12.5. The summed E-state index contributed by atoms with van der Waals surface area (Å²) in [6, 6.07) is 16.8. The fraction of sp³-hybridized carbons (Fsp3) is 0.130. The van der Waals surface area contributed by atoms with Gasteiger partial charge in [0.1, 0.15) is 11.0 Å². The summed E-state index contributed by atoms with van der Waals surface area (Å²) in [6.45, 7) is 5.83. The number of thiocarbonyl (C=S) groups is 1. The van der Waals surface area contributed by atoms with Gasteiger partial charge in [0.15, 0.2) is 5.11 Å². The molecule has 0 fully saturated rings. The molecule has 0 aliphatic carbocycles. The molecule has 1 amide bonds. The number of anilines is 1. The van der Waals surface area contributed by atoms with Crippen LogP contribution in [0.2, 0.25) is 5.02 Å². The third-order valence-corrected chi connectivity index (χ3v) is 5.49. The number of hydrogen-bond acceptors (Lipinski definition) is 4. The number of benzene rings is 3. The zero-order chi connectivity index (χ0) is 22.1. The Kier molecular flexibility index (Phi) is 5.71. The fourth-order valence-corrected chi connectivity index (χ4v) is 3.60. The smallest absolute Gasteiger partial charge is 0.257 e. The van der Waals surface area contributed by atoms with E-state index in [1.807, 2.05) is 69.3 Å². The predicted octanol–water partition coefficient (Wildman–Crippen LogP) is 5.13. The molecule has 31 heavy (non-hydrogen) atoms. The minimum Gasteiger partial charge on any atom is -0.332 e. The molecule has 0 saturated carbocycles. The molecule has 8 heteroatoms. The standard InChI is InChI=1S/C23H20ClN5OS/c1-13-4-8-18(15(3)10-13)22(30)26-23(31)25-16-6-9-20-21(11-16)28-29(27-20)17-7-5-14(2)19(24)12-17/h4-12H,1-3H3,(H2,25,26,30,31). The molecule has 0 spiro atoms. The fourth-order valence-electron chi connectivity index (χ4n) is 3.22. The van der Waals surface area contributed by atoms with E-state index in [9.17, 15) is 4.79 Å². The quantitative estimate of drug-likeness (QED) is 0.424. The number of hydrogen-bond donors (Lipinski definition) is 2. The summed E-state index contributed by atoms with van der Waals surface area (Å²) in [5, 5.41) is 15.6. The van der Waals surface area contributed by atoms with Crippen molar-refractivity contribution in [2.75, 3.05) is 5.32 Å². The monoisotopic (exact) mass is 449 g/mol. The third kappa shape index (κ3) is 4.57. The van der Waals surface area contributed by atoms with E-state index in [1.54, 1.807) is 10.9 Å². The van der Waals surface area contributed by atoms with Crippen LogP contribution in [0.25, 0.3) is 16.7 Å². The number of carbonyl (C=O) groups excluding carboxylic acids is 1. The van der Waals surface area contributed by atoms with Gasteiger partial charge in [0.2, 0.25) is 0 Å². The minimum absolute atomic E-state index is 0.210. The van der Waals surface area contributed by atoms with E-state index in [1.165, 1.54) is 0 Å². The van der Waals surface area contributed by atoms with Crippen LogP contribution in [0, 0.1) is 20.8 Å². The number of aryl methyl sites for hydroxylation is 3. The molecule has 4 aromatic rings. The van der Waals surface area contributed by atoms with Gasteiger partial charge in [0.05, 0.1) is 5.69 Å². The molecule has 2 N–H and O–H groups in total. The van der Waals surface area contributed by atoms with Crippen LogP contribution in [0.3, 0.4) is 0 Å². The van der Waals surface area contributed by atoms with Crippen molar-refractivity contribution in [3.63, 3.8) is 0 Å². The van der Waals surface area contributed by atoms with Crippen LogP contribution < -0.4 is 10.6 Å². The van der Waals surface area contributed by atoms with E-state index in [0.717, 1.165) is 27.9 Å². The van der Waals surface area contributed by atoms with Gasteiger partial charge in [0, 0.05) is 16.3 Å². The molecule has 1 heterocycles. The Bertz CT molecular complexity index is 1330. The third-order valence-electron chi connectivity index (χ3n) is 4.88. The molecular weight excluding hydrogens is 430 g/mol. The van der Waals surface area contributed by atoms with Crippen molar-refractivity contribution >= 4 is 51.6 Å². The Hall–Kier alpha value is -3.29. The van der Waals surface area contributed by atoms with Crippen molar-refractivity contribution in [3.8, 4) is 5.69 Å². The zero-order valence-electron chi connectivity index (χ0n) is 17.2. The highest BCUT2D eigenvalue weighted by Crippen LogP contribution is 2.21. The molecule has 156 valence electrons. The first-order valence-electron chi connectivity index (χ1n) is 9.63. The van der Waals surface area contributed by atoms with Crippen molar-refractivity contribution in [1.82, 2.24) is 20.3 Å². The summed E-state index contributed by atoms with van der Waals surface area (Å²) in [7, 11) is 0. The lowest BCUT2D eigenvalue weighted by molar-refractivity contribution is 0.0977. The van der Waals surface area contributed by atoms with Crippen LogP contribution in [0.1, 0.15) is 27.0 Å². The Morgan fingerprint density at radius 1 is 0.935 bits per heavy atom. The van der Waals surface area contributed by atoms with E-state index in [2.05, 4.69) is 20.8 Å². The second kappa shape index (κ2) is 8.45. The van der Waals surface area contributed by atoms with E-state index in [-0.39, 0.29) is 11.0 Å². The normalized spacial score (nSPS) is 10.8. The summed E-state index contributed by atoms with van der Waals surface area (Å²) < 4.78 is 0. The molecular formula is C23H20ClN5OS. The van der Waals surface area contributed by atoms with Crippen LogP contribution in [0.4, 0.5) is 5.69 Å². The number of nitrogens with zero attached hydrogens (tertiary/aromatic N) is 3. The number of aromatic nitrogens is 3. The number of amides is 1. The molecule has 0 aliphatic heterocycles. The van der Waals surface area contributed by atoms with Gasteiger partial charge in [-0.15, -0.1) is 10.2 Å². The Morgan fingerprint density at radius 3 is 2.45 bits per heavy atom. The average molecular weight is 450 g/mol. The lowest BCUT2D eigenvalue weighted by Gasteiger charge is -2.11. The number of nitrogens with one attached hydrogen (secondary N) is 2. The van der Waals surface area contributed by atoms with Gasteiger partial charge < -0.3 is 5.32 Å². The summed E-state index contributed by atoms with van der Waals surface area (Å²) in [5.41, 5.74) is 6.47. The summed E-state index contributed by atoms with van der Waals surface area (Å²) >= 11 is 11.5. The Balaban J connectivity index is 1.50. The topological polar surface area (TPSA) is 71.8 Å². The van der Waals surface area contributed by atoms with Gasteiger partial charge in [-0.2, -0.15) is 4.80 Å². The number of rotatable bonds is 3. The number of fused-ring (bicyclic) bond motifs is 1. The SMILES string of the molecule is Cc1ccc(C(=O)NC(=S)Nc2ccc3nn(-c4ccc(C)c(Cl)c4)nc3c2)c(C)c1. The largest absolute Gasteiger partial charge is 0.332 e. The predicted molar refractivity (Wildman–Crippen MR) is 128 cm³/mol. The van der Waals surface area contributed by atoms with Gasteiger partial charge in [-0.1, -0.05) is 35.4 Å². The molecule has 0 bridgehead atoms. The van der Waals surface area contributed by atoms with E-state index < -0.39 is 0 Å². The van der Waals surface area contributed by atoms with Gasteiger partial charge in [-0.25, -0.2) is 0 Å². The molecule has 0 radical (unpaired) electrons. The van der Waals surface area contributed by atoms with Crippen LogP contribution >= 0.6 is 23.8 Å². The molecule has 0 aliphatic rings. The van der Waals surface area contributed by atoms with Crippen molar-refractivity contribution < 1.29 is 4.79 Å². The van der Waals surface area contributed by atoms with E-state index in [0.29, 0.717) is 21.8 Å². The van der Waals surface area contributed by atoms with Crippen molar-refractivity contribution in [3.05, 3.63) is 81.9 Å². The first-order chi connectivity index (χ1) is 14.8. The highest BCUT2D eigenvalue weighted by atomic mass is 35.5. The first kappa shape index (κ1) is 21.0. The average Bonchev–Trinajstić information content (AvgIpc) is 3.13. The van der Waals surface area contributed by atoms with Gasteiger partial charge in [0.25, 0.3) is 5.91 Å². The summed E-state index contributed by atoms with van der Waals surface area (Å²) in [5.74, 6) is -0.252. The summed E-state index contributed by atoms with van der Waals surface area (Å²) in [4.78, 5) is 14.1. The van der Waals surface area contributed by atoms with Gasteiger partial charge >= 0.3 is 0 Å². The highest BCUT2D eigenvalue weighted by Gasteiger charge is 2.12. The molecule has 4 rings (SSSR count). The second-order valence-corrected chi connectivity index (χ2v) is 8.17. The van der Waals surface area contributed by atoms with Crippen LogP contribution in [0.15, 0.2) is 54.6 Å². The van der Waals surface area contributed by atoms with Gasteiger partial charge in [-0.3, -0.25) is 10.1 Å². The molecule has 0 saturated heterocycles. The molecule has 1 aromatic heterocycles. The minimum atomic E-state index is -0.252. The van der Waals surface area contributed by atoms with Crippen molar-refractivity contribution in [2.45, 2.75) is 20.8 Å².